The third-order valence-corrected chi connectivity index (χ3v) is 3.64. The standard InChI is InChI=1S/C16H16N2O2S/c19-10-4-2-6-14-7-8-15(21-14)12-18-16(20)11-13-5-1-3-9-17-13/h1,3,5,7-9,19H,4,10-12H2,(H,18,20). The first-order valence-electron chi connectivity index (χ1n) is 6.63. The van der Waals surface area contributed by atoms with Gasteiger partial charge in [0.05, 0.1) is 24.4 Å². The lowest BCUT2D eigenvalue weighted by molar-refractivity contribution is -0.120. The highest BCUT2D eigenvalue weighted by molar-refractivity contribution is 7.12. The van der Waals surface area contributed by atoms with Crippen molar-refractivity contribution in [2.75, 3.05) is 6.61 Å². The molecule has 0 atom stereocenters. The van der Waals surface area contributed by atoms with Gasteiger partial charge >= 0.3 is 0 Å². The summed E-state index contributed by atoms with van der Waals surface area (Å²) in [5.41, 5.74) is 0.761. The number of carbonyl (C=O) groups excluding carboxylic acids is 1. The average Bonchev–Trinajstić information content (AvgIpc) is 2.94. The Balaban J connectivity index is 1.81. The molecule has 21 heavy (non-hydrogen) atoms. The molecular weight excluding hydrogens is 284 g/mol. The first-order valence-corrected chi connectivity index (χ1v) is 7.44. The fourth-order valence-electron chi connectivity index (χ4n) is 1.66. The van der Waals surface area contributed by atoms with Crippen molar-refractivity contribution in [1.29, 1.82) is 0 Å². The molecular formula is C16H16N2O2S. The number of rotatable bonds is 5. The Morgan fingerprint density at radius 2 is 2.24 bits per heavy atom. The van der Waals surface area contributed by atoms with Crippen LogP contribution < -0.4 is 5.32 Å². The van der Waals surface area contributed by atoms with Gasteiger partial charge in [-0.25, -0.2) is 0 Å². The number of nitrogens with zero attached hydrogens (tertiary/aromatic N) is 1. The van der Waals surface area contributed by atoms with Gasteiger partial charge in [0, 0.05) is 23.2 Å². The van der Waals surface area contributed by atoms with Crippen molar-refractivity contribution in [2.24, 2.45) is 0 Å². The summed E-state index contributed by atoms with van der Waals surface area (Å²) in [7, 11) is 0. The van der Waals surface area contributed by atoms with Crippen LogP contribution >= 0.6 is 11.3 Å². The molecule has 2 aromatic heterocycles. The molecule has 0 aliphatic heterocycles. The monoisotopic (exact) mass is 300 g/mol. The van der Waals surface area contributed by atoms with E-state index in [1.807, 2.05) is 30.3 Å². The summed E-state index contributed by atoms with van der Waals surface area (Å²) in [6.45, 7) is 0.576. The van der Waals surface area contributed by atoms with E-state index in [9.17, 15) is 4.79 Å². The average molecular weight is 300 g/mol. The Kier molecular flexibility index (Phi) is 5.95. The number of amides is 1. The molecule has 0 radical (unpaired) electrons. The molecule has 0 unspecified atom stereocenters. The largest absolute Gasteiger partial charge is 0.395 e. The summed E-state index contributed by atoms with van der Waals surface area (Å²) in [5.74, 6) is 5.81. The maximum Gasteiger partial charge on any atom is 0.226 e. The van der Waals surface area contributed by atoms with E-state index in [2.05, 4.69) is 22.1 Å². The smallest absolute Gasteiger partial charge is 0.226 e. The topological polar surface area (TPSA) is 62.2 Å². The molecule has 0 saturated heterocycles. The van der Waals surface area contributed by atoms with Crippen LogP contribution in [0.5, 0.6) is 0 Å². The molecule has 0 saturated carbocycles. The van der Waals surface area contributed by atoms with Crippen LogP contribution in [0.1, 0.15) is 21.9 Å². The second kappa shape index (κ2) is 8.20. The van der Waals surface area contributed by atoms with Crippen LogP contribution in [0.4, 0.5) is 0 Å². The molecule has 0 fully saturated rings. The number of hydrogen-bond acceptors (Lipinski definition) is 4. The highest BCUT2D eigenvalue weighted by atomic mass is 32.1. The third kappa shape index (κ3) is 5.38. The van der Waals surface area contributed by atoms with Gasteiger partial charge in [-0.2, -0.15) is 0 Å². The van der Waals surface area contributed by atoms with Crippen molar-refractivity contribution < 1.29 is 9.90 Å². The van der Waals surface area contributed by atoms with E-state index in [-0.39, 0.29) is 18.9 Å². The van der Waals surface area contributed by atoms with E-state index < -0.39 is 0 Å². The van der Waals surface area contributed by atoms with Gasteiger partial charge in [-0.15, -0.1) is 11.3 Å². The zero-order valence-electron chi connectivity index (χ0n) is 11.5. The highest BCUT2D eigenvalue weighted by Gasteiger charge is 2.05. The Morgan fingerprint density at radius 1 is 1.33 bits per heavy atom. The van der Waals surface area contributed by atoms with Gasteiger partial charge in [-0.3, -0.25) is 9.78 Å². The van der Waals surface area contributed by atoms with Crippen LogP contribution in [0, 0.1) is 11.8 Å². The van der Waals surface area contributed by atoms with Crippen LogP contribution in [-0.4, -0.2) is 22.6 Å². The van der Waals surface area contributed by atoms with Gasteiger partial charge in [0.2, 0.25) is 5.91 Å². The number of aliphatic hydroxyl groups excluding tert-OH is 1. The molecule has 5 heteroatoms. The fourth-order valence-corrected chi connectivity index (χ4v) is 2.48. The number of nitrogens with one attached hydrogen (secondary N) is 1. The highest BCUT2D eigenvalue weighted by Crippen LogP contribution is 2.15. The molecule has 108 valence electrons. The molecule has 0 bridgehead atoms. The van der Waals surface area contributed by atoms with Crippen LogP contribution in [-0.2, 0) is 17.8 Å². The molecule has 2 rings (SSSR count). The predicted molar refractivity (Wildman–Crippen MR) is 82.7 cm³/mol. The number of thiophene rings is 1. The molecule has 0 spiro atoms. The minimum Gasteiger partial charge on any atom is -0.395 e. The van der Waals surface area contributed by atoms with Crippen LogP contribution in [0.3, 0.4) is 0 Å². The zero-order chi connectivity index (χ0) is 14.9. The van der Waals surface area contributed by atoms with E-state index in [1.165, 1.54) is 0 Å². The number of aliphatic hydroxyl groups is 1. The quantitative estimate of drug-likeness (QED) is 0.827. The summed E-state index contributed by atoms with van der Waals surface area (Å²) in [5, 5.41) is 11.5. The van der Waals surface area contributed by atoms with E-state index in [4.69, 9.17) is 5.11 Å². The number of hydrogen-bond donors (Lipinski definition) is 2. The maximum atomic E-state index is 11.8. The Labute approximate surface area is 127 Å². The van der Waals surface area contributed by atoms with Gasteiger partial charge in [0.1, 0.15) is 0 Å². The first-order chi connectivity index (χ1) is 10.3. The van der Waals surface area contributed by atoms with E-state index >= 15 is 0 Å². The fraction of sp³-hybridized carbons (Fsp3) is 0.250. The Hall–Kier alpha value is -2.16. The zero-order valence-corrected chi connectivity index (χ0v) is 12.3. The van der Waals surface area contributed by atoms with Crippen molar-refractivity contribution in [3.63, 3.8) is 0 Å². The molecule has 2 N–H and O–H groups in total. The third-order valence-electron chi connectivity index (χ3n) is 2.64. The molecule has 0 aliphatic rings. The molecule has 1 amide bonds. The normalized spacial score (nSPS) is 9.76. The first kappa shape index (κ1) is 15.2. The lowest BCUT2D eigenvalue weighted by Crippen LogP contribution is -2.24. The van der Waals surface area contributed by atoms with Gasteiger partial charge in [-0.05, 0) is 24.3 Å². The summed E-state index contributed by atoms with van der Waals surface area (Å²) in [4.78, 5) is 17.9. The van der Waals surface area contributed by atoms with Crippen LogP contribution in [0.15, 0.2) is 36.5 Å². The van der Waals surface area contributed by atoms with Crippen LogP contribution in [0.25, 0.3) is 0 Å². The Morgan fingerprint density at radius 3 is 3.00 bits per heavy atom. The van der Waals surface area contributed by atoms with E-state index in [0.29, 0.717) is 13.0 Å². The molecule has 0 aromatic carbocycles. The second-order valence-electron chi connectivity index (χ2n) is 4.32. The molecule has 2 heterocycles. The SMILES string of the molecule is O=C(Cc1ccccn1)NCc1ccc(C#CCCO)s1. The van der Waals surface area contributed by atoms with Gasteiger partial charge < -0.3 is 10.4 Å². The van der Waals surface area contributed by atoms with Crippen molar-refractivity contribution in [1.82, 2.24) is 10.3 Å². The lowest BCUT2D eigenvalue weighted by atomic mass is 10.2. The molecule has 0 aliphatic carbocycles. The van der Waals surface area contributed by atoms with Crippen molar-refractivity contribution in [2.45, 2.75) is 19.4 Å². The van der Waals surface area contributed by atoms with E-state index in [1.54, 1.807) is 17.5 Å². The summed E-state index contributed by atoms with van der Waals surface area (Å²) >= 11 is 1.55. The minimum atomic E-state index is -0.0463. The van der Waals surface area contributed by atoms with E-state index in [0.717, 1.165) is 15.4 Å². The van der Waals surface area contributed by atoms with Crippen molar-refractivity contribution in [3.8, 4) is 11.8 Å². The lowest BCUT2D eigenvalue weighted by Gasteiger charge is -2.02. The van der Waals surface area contributed by atoms with Gasteiger partial charge in [0.25, 0.3) is 0 Å². The maximum absolute atomic E-state index is 11.8. The van der Waals surface area contributed by atoms with Gasteiger partial charge in [-0.1, -0.05) is 17.9 Å². The number of carbonyl (C=O) groups is 1. The van der Waals surface area contributed by atoms with Crippen molar-refractivity contribution in [3.05, 3.63) is 52.0 Å². The number of pyridine rings is 1. The predicted octanol–water partition coefficient (Wildman–Crippen LogP) is 1.74. The second-order valence-corrected chi connectivity index (χ2v) is 5.48. The summed E-state index contributed by atoms with van der Waals surface area (Å²) in [6.07, 6.45) is 2.45. The number of aromatic nitrogens is 1. The summed E-state index contributed by atoms with van der Waals surface area (Å²) in [6, 6.07) is 9.40. The molecule has 4 nitrogen and oxygen atoms in total. The Bertz CT molecular complexity index is 641. The summed E-state index contributed by atoms with van der Waals surface area (Å²) < 4.78 is 0. The molecule has 2 aromatic rings. The minimum absolute atomic E-state index is 0.0463. The van der Waals surface area contributed by atoms with Gasteiger partial charge in [0.15, 0.2) is 0 Å². The van der Waals surface area contributed by atoms with Crippen molar-refractivity contribution >= 4 is 17.2 Å². The van der Waals surface area contributed by atoms with Crippen LogP contribution in [0.2, 0.25) is 0 Å².